The first-order chi connectivity index (χ1) is 14.4. The number of hydrogen-bond acceptors (Lipinski definition) is 5. The smallest absolute Gasteiger partial charge is 0.410 e. The zero-order valence-electron chi connectivity index (χ0n) is 18.1. The summed E-state index contributed by atoms with van der Waals surface area (Å²) in [5.74, 6) is 0.0773. The Balaban J connectivity index is 1.84. The van der Waals surface area contributed by atoms with Crippen molar-refractivity contribution in [1.29, 1.82) is 0 Å². The number of carbonyl (C=O) groups is 1. The molecule has 0 saturated carbocycles. The average molecular weight is 411 g/mol. The summed E-state index contributed by atoms with van der Waals surface area (Å²) in [7, 11) is 0. The third-order valence-corrected chi connectivity index (χ3v) is 5.57. The Morgan fingerprint density at radius 2 is 1.93 bits per heavy atom. The highest BCUT2D eigenvalue weighted by molar-refractivity contribution is 5.70. The van der Waals surface area contributed by atoms with E-state index in [1.165, 1.54) is 0 Å². The van der Waals surface area contributed by atoms with Gasteiger partial charge in [0.2, 0.25) is 0 Å². The van der Waals surface area contributed by atoms with Gasteiger partial charge in [0.15, 0.2) is 0 Å². The average Bonchev–Trinajstić information content (AvgIpc) is 3.15. The van der Waals surface area contributed by atoms with Crippen LogP contribution in [0.4, 0.5) is 4.79 Å². The molecule has 0 spiro atoms. The lowest BCUT2D eigenvalue weighted by atomic mass is 9.88. The number of benzene rings is 1. The summed E-state index contributed by atoms with van der Waals surface area (Å²) in [5.41, 5.74) is 4.06. The first kappa shape index (κ1) is 21.7. The van der Waals surface area contributed by atoms with Gasteiger partial charge in [-0.15, -0.1) is 0 Å². The summed E-state index contributed by atoms with van der Waals surface area (Å²) in [6.07, 6.45) is 6.51. The van der Waals surface area contributed by atoms with Crippen LogP contribution in [0.2, 0.25) is 0 Å². The van der Waals surface area contributed by atoms with Crippen molar-refractivity contribution in [2.45, 2.75) is 52.7 Å². The molecule has 1 amide bonds. The highest BCUT2D eigenvalue weighted by atomic mass is 16.6. The van der Waals surface area contributed by atoms with Crippen LogP contribution in [0.15, 0.2) is 48.0 Å². The van der Waals surface area contributed by atoms with Gasteiger partial charge in [-0.05, 0) is 58.1 Å². The third kappa shape index (κ3) is 4.96. The van der Waals surface area contributed by atoms with Crippen molar-refractivity contribution in [3.63, 3.8) is 0 Å². The molecule has 0 N–H and O–H groups in total. The molecule has 1 fully saturated rings. The Labute approximate surface area is 177 Å². The molecule has 0 aliphatic carbocycles. The normalized spacial score (nSPS) is 16.6. The summed E-state index contributed by atoms with van der Waals surface area (Å²) in [4.78, 5) is 30.0. The van der Waals surface area contributed by atoms with E-state index in [1.54, 1.807) is 17.4 Å². The minimum Gasteiger partial charge on any atom is -0.447 e. The quantitative estimate of drug-likeness (QED) is 0.642. The predicted octanol–water partition coefficient (Wildman–Crippen LogP) is 4.78. The molecule has 2 heterocycles. The largest absolute Gasteiger partial charge is 0.447 e. The van der Waals surface area contributed by atoms with Crippen molar-refractivity contribution >= 4 is 11.8 Å². The Bertz CT molecular complexity index is 911. The van der Waals surface area contributed by atoms with Crippen molar-refractivity contribution in [2.75, 3.05) is 13.1 Å². The van der Waals surface area contributed by atoms with Gasteiger partial charge in [0.05, 0.1) is 18.1 Å². The number of imidazole rings is 1. The van der Waals surface area contributed by atoms with Crippen LogP contribution in [0.25, 0.3) is 5.70 Å². The van der Waals surface area contributed by atoms with Crippen LogP contribution in [-0.4, -0.2) is 45.8 Å². The van der Waals surface area contributed by atoms with Crippen molar-refractivity contribution in [2.24, 2.45) is 11.1 Å². The third-order valence-electron chi connectivity index (χ3n) is 5.57. The van der Waals surface area contributed by atoms with Gasteiger partial charge in [-0.3, -0.25) is 0 Å². The number of aryl methyl sites for hydroxylation is 2. The van der Waals surface area contributed by atoms with E-state index in [0.717, 1.165) is 22.5 Å². The lowest BCUT2D eigenvalue weighted by Gasteiger charge is -2.33. The van der Waals surface area contributed by atoms with Crippen molar-refractivity contribution in [3.8, 4) is 0 Å². The van der Waals surface area contributed by atoms with Crippen LogP contribution in [-0.2, 0) is 4.74 Å². The van der Waals surface area contributed by atoms with Crippen LogP contribution in [0.1, 0.15) is 43.5 Å². The fraction of sp³-hybridized carbons (Fsp3) is 0.478. The molecular weight excluding hydrogens is 380 g/mol. The Morgan fingerprint density at radius 3 is 2.50 bits per heavy atom. The number of piperidine rings is 1. The summed E-state index contributed by atoms with van der Waals surface area (Å²) < 4.78 is 7.28. The molecule has 0 bridgehead atoms. The fourth-order valence-corrected chi connectivity index (χ4v) is 3.89. The van der Waals surface area contributed by atoms with Gasteiger partial charge in [-0.2, -0.15) is 4.91 Å². The van der Waals surface area contributed by atoms with Gasteiger partial charge >= 0.3 is 6.09 Å². The predicted molar refractivity (Wildman–Crippen MR) is 117 cm³/mol. The van der Waals surface area contributed by atoms with Crippen LogP contribution >= 0.6 is 0 Å². The highest BCUT2D eigenvalue weighted by Gasteiger charge is 2.30. The number of likely N-dealkylation sites (tertiary alicyclic amines) is 1. The molecule has 1 aliphatic heterocycles. The zero-order valence-corrected chi connectivity index (χ0v) is 18.1. The van der Waals surface area contributed by atoms with Crippen molar-refractivity contribution in [3.05, 3.63) is 64.6 Å². The monoisotopic (exact) mass is 410 g/mol. The number of aromatic nitrogens is 2. The van der Waals surface area contributed by atoms with Gasteiger partial charge in [0, 0.05) is 30.5 Å². The molecule has 1 atom stereocenters. The van der Waals surface area contributed by atoms with Crippen LogP contribution in [0.3, 0.4) is 0 Å². The lowest BCUT2D eigenvalue weighted by molar-refractivity contribution is 0.0645. The van der Waals surface area contributed by atoms with Gasteiger partial charge < -0.3 is 14.2 Å². The number of carbonyl (C=O) groups excluding carboxylic acids is 1. The van der Waals surface area contributed by atoms with Crippen molar-refractivity contribution in [1.82, 2.24) is 14.5 Å². The van der Waals surface area contributed by atoms with Gasteiger partial charge in [-0.25, -0.2) is 9.78 Å². The molecular formula is C23H30N4O3. The first-order valence-corrected chi connectivity index (χ1v) is 10.5. The number of amides is 1. The molecule has 2 aromatic rings. The van der Waals surface area contributed by atoms with Gasteiger partial charge in [-0.1, -0.05) is 29.4 Å². The number of hydrogen-bond donors (Lipinski definition) is 0. The van der Waals surface area contributed by atoms with E-state index in [4.69, 9.17) is 4.74 Å². The van der Waals surface area contributed by atoms with E-state index in [0.29, 0.717) is 25.9 Å². The Kier molecular flexibility index (Phi) is 7.03. The maximum atomic E-state index is 12.1. The summed E-state index contributed by atoms with van der Waals surface area (Å²) in [5, 5.41) is 3.47. The second-order valence-electron chi connectivity index (χ2n) is 8.12. The molecule has 0 radical (unpaired) electrons. The van der Waals surface area contributed by atoms with E-state index in [1.807, 2.05) is 49.6 Å². The first-order valence-electron chi connectivity index (χ1n) is 10.5. The molecule has 30 heavy (non-hydrogen) atoms. The van der Waals surface area contributed by atoms with Gasteiger partial charge in [0.1, 0.15) is 6.04 Å². The second kappa shape index (κ2) is 9.69. The summed E-state index contributed by atoms with van der Waals surface area (Å²) >= 11 is 0. The van der Waals surface area contributed by atoms with Crippen molar-refractivity contribution < 1.29 is 9.53 Å². The van der Waals surface area contributed by atoms with E-state index in [-0.39, 0.29) is 18.1 Å². The van der Waals surface area contributed by atoms with E-state index < -0.39 is 6.04 Å². The number of nitrogens with zero attached hydrogens (tertiary/aromatic N) is 4. The molecule has 7 heteroatoms. The topological polar surface area (TPSA) is 76.8 Å². The molecule has 1 aliphatic rings. The highest BCUT2D eigenvalue weighted by Crippen LogP contribution is 2.29. The second-order valence-corrected chi connectivity index (χ2v) is 8.12. The number of nitroso groups, excluding NO2 is 1. The maximum Gasteiger partial charge on any atom is 0.410 e. The maximum absolute atomic E-state index is 12.1. The molecule has 7 nitrogen and oxygen atoms in total. The van der Waals surface area contributed by atoms with Crippen LogP contribution < -0.4 is 0 Å². The molecule has 3 rings (SSSR count). The fourth-order valence-electron chi connectivity index (χ4n) is 3.89. The molecule has 1 aromatic carbocycles. The molecule has 1 aromatic heterocycles. The summed E-state index contributed by atoms with van der Waals surface area (Å²) in [6.45, 7) is 8.86. The molecule has 160 valence electrons. The lowest BCUT2D eigenvalue weighted by Crippen LogP contribution is -2.41. The minimum atomic E-state index is -0.482. The van der Waals surface area contributed by atoms with E-state index in [2.05, 4.69) is 23.2 Å². The number of ether oxygens (including phenoxy) is 1. The zero-order chi connectivity index (χ0) is 21.7. The Morgan fingerprint density at radius 1 is 1.23 bits per heavy atom. The Hall–Kier alpha value is -2.96. The van der Waals surface area contributed by atoms with Gasteiger partial charge in [0.25, 0.3) is 0 Å². The molecule has 1 saturated heterocycles. The minimum absolute atomic E-state index is 0.0773. The number of rotatable bonds is 6. The SMILES string of the molecule is Cc1ccccc1/C(=C/C(N=O)C1CCN(C(=O)OC(C)C)CC1)n1cncc1C. The van der Waals surface area contributed by atoms with Crippen LogP contribution in [0.5, 0.6) is 0 Å². The summed E-state index contributed by atoms with van der Waals surface area (Å²) in [6, 6.07) is 7.61. The van der Waals surface area contributed by atoms with E-state index in [9.17, 15) is 9.70 Å². The standard InChI is InChI=1S/C23H30N4O3/c1-16(2)30-23(28)26-11-9-19(10-12-26)21(25-29)13-22(27-15-24-14-18(27)4)20-8-6-5-7-17(20)3/h5-8,13-16,19,21H,9-12H2,1-4H3/b22-13-. The van der Waals surface area contributed by atoms with Crippen LogP contribution in [0, 0.1) is 24.7 Å². The van der Waals surface area contributed by atoms with E-state index >= 15 is 0 Å². The molecule has 1 unspecified atom stereocenters.